The largest absolute Gasteiger partial charge is 0.444 e. The van der Waals surface area contributed by atoms with Crippen LogP contribution in [0.3, 0.4) is 0 Å². The summed E-state index contributed by atoms with van der Waals surface area (Å²) < 4.78 is 5.41. The van der Waals surface area contributed by atoms with E-state index in [0.29, 0.717) is 25.2 Å². The molecule has 1 fully saturated rings. The summed E-state index contributed by atoms with van der Waals surface area (Å²) in [7, 11) is 0. The molecule has 1 aromatic rings. The lowest BCUT2D eigenvalue weighted by molar-refractivity contribution is 0.0185. The summed E-state index contributed by atoms with van der Waals surface area (Å²) in [6.07, 6.45) is 1.36. The van der Waals surface area contributed by atoms with E-state index in [9.17, 15) is 9.59 Å². The topological polar surface area (TPSA) is 84.7 Å². The highest BCUT2D eigenvalue weighted by atomic mass is 16.6. The number of ether oxygens (including phenoxy) is 1. The van der Waals surface area contributed by atoms with Crippen LogP contribution in [0.1, 0.15) is 49.5 Å². The van der Waals surface area contributed by atoms with Gasteiger partial charge in [0.25, 0.3) is 5.91 Å². The van der Waals surface area contributed by atoms with Gasteiger partial charge in [0.05, 0.1) is 0 Å². The number of carbonyl (C=O) groups is 2. The van der Waals surface area contributed by atoms with Crippen LogP contribution in [0.25, 0.3) is 0 Å². The number of rotatable bonds is 3. The maximum absolute atomic E-state index is 12.4. The Morgan fingerprint density at radius 2 is 2.12 bits per heavy atom. The predicted octanol–water partition coefficient (Wildman–Crippen LogP) is 2.27. The lowest BCUT2D eigenvalue weighted by Crippen LogP contribution is -2.50. The van der Waals surface area contributed by atoms with Crippen LogP contribution in [0.2, 0.25) is 0 Å². The van der Waals surface area contributed by atoms with E-state index in [0.717, 1.165) is 18.4 Å². The second-order valence-electron chi connectivity index (χ2n) is 7.14. The SMILES string of the molecule is CC(C)(C)OC(=O)N1CCC[C@H](NC(=O)c2cccc(CN)c2)C1. The Morgan fingerprint density at radius 1 is 1.38 bits per heavy atom. The minimum Gasteiger partial charge on any atom is -0.444 e. The standard InChI is InChI=1S/C18H27N3O3/c1-18(2,3)24-17(23)21-9-5-8-15(12-21)20-16(22)14-7-4-6-13(10-14)11-19/h4,6-7,10,15H,5,8-9,11-12,19H2,1-3H3,(H,20,22)/t15-/m0/s1. The summed E-state index contributed by atoms with van der Waals surface area (Å²) in [5, 5.41) is 3.00. The summed E-state index contributed by atoms with van der Waals surface area (Å²) in [6.45, 7) is 7.06. The Bertz CT molecular complexity index is 595. The molecular formula is C18H27N3O3. The van der Waals surface area contributed by atoms with Crippen molar-refractivity contribution in [3.63, 3.8) is 0 Å². The molecule has 1 aliphatic heterocycles. The molecule has 0 spiro atoms. The highest BCUT2D eigenvalue weighted by molar-refractivity contribution is 5.94. The lowest BCUT2D eigenvalue weighted by atomic mass is 10.0. The summed E-state index contributed by atoms with van der Waals surface area (Å²) in [4.78, 5) is 26.2. The van der Waals surface area contributed by atoms with Crippen molar-refractivity contribution in [2.75, 3.05) is 13.1 Å². The predicted molar refractivity (Wildman–Crippen MR) is 92.6 cm³/mol. The third-order valence-electron chi connectivity index (χ3n) is 3.83. The van der Waals surface area contributed by atoms with Crippen molar-refractivity contribution in [2.24, 2.45) is 5.73 Å². The minimum atomic E-state index is -0.518. The van der Waals surface area contributed by atoms with Crippen molar-refractivity contribution in [1.82, 2.24) is 10.2 Å². The number of hydrogen-bond acceptors (Lipinski definition) is 4. The molecule has 1 aliphatic rings. The zero-order valence-corrected chi connectivity index (χ0v) is 14.7. The summed E-state index contributed by atoms with van der Waals surface area (Å²) in [5.74, 6) is -0.138. The van der Waals surface area contributed by atoms with E-state index in [-0.39, 0.29) is 18.0 Å². The number of hydrogen-bond donors (Lipinski definition) is 2. The minimum absolute atomic E-state index is 0.0692. The summed E-state index contributed by atoms with van der Waals surface area (Å²) in [6, 6.07) is 7.21. The molecule has 2 amide bonds. The Kier molecular flexibility index (Phi) is 5.83. The number of nitrogens with zero attached hydrogens (tertiary/aromatic N) is 1. The molecule has 132 valence electrons. The molecule has 0 bridgehead atoms. The lowest BCUT2D eigenvalue weighted by Gasteiger charge is -2.34. The number of benzene rings is 1. The molecule has 3 N–H and O–H groups in total. The molecule has 0 unspecified atom stereocenters. The van der Waals surface area contributed by atoms with Gasteiger partial charge in [-0.3, -0.25) is 4.79 Å². The molecule has 0 aliphatic carbocycles. The molecule has 1 atom stereocenters. The van der Waals surface area contributed by atoms with E-state index < -0.39 is 5.60 Å². The van der Waals surface area contributed by atoms with Gasteiger partial charge in [-0.2, -0.15) is 0 Å². The van der Waals surface area contributed by atoms with Gasteiger partial charge in [-0.25, -0.2) is 4.79 Å². The first-order valence-electron chi connectivity index (χ1n) is 8.36. The third-order valence-corrected chi connectivity index (χ3v) is 3.83. The second kappa shape index (κ2) is 7.66. The Balaban J connectivity index is 1.94. The average Bonchev–Trinajstić information content (AvgIpc) is 2.53. The number of nitrogens with one attached hydrogen (secondary N) is 1. The molecule has 24 heavy (non-hydrogen) atoms. The number of amides is 2. The number of nitrogens with two attached hydrogens (primary N) is 1. The number of piperidine rings is 1. The van der Waals surface area contributed by atoms with Crippen molar-refractivity contribution < 1.29 is 14.3 Å². The van der Waals surface area contributed by atoms with Gasteiger partial charge in [0.15, 0.2) is 0 Å². The molecular weight excluding hydrogens is 306 g/mol. The van der Waals surface area contributed by atoms with E-state index in [1.807, 2.05) is 32.9 Å². The Morgan fingerprint density at radius 3 is 2.79 bits per heavy atom. The van der Waals surface area contributed by atoms with Crippen LogP contribution in [-0.4, -0.2) is 41.6 Å². The average molecular weight is 333 g/mol. The highest BCUT2D eigenvalue weighted by Gasteiger charge is 2.28. The van der Waals surface area contributed by atoms with Gasteiger partial charge >= 0.3 is 6.09 Å². The maximum Gasteiger partial charge on any atom is 0.410 e. The van der Waals surface area contributed by atoms with Crippen LogP contribution in [0.5, 0.6) is 0 Å². The fraction of sp³-hybridized carbons (Fsp3) is 0.556. The third kappa shape index (κ3) is 5.23. The van der Waals surface area contributed by atoms with E-state index >= 15 is 0 Å². The molecule has 2 rings (SSSR count). The van der Waals surface area contributed by atoms with Gasteiger partial charge in [0.2, 0.25) is 0 Å². The quantitative estimate of drug-likeness (QED) is 0.889. The summed E-state index contributed by atoms with van der Waals surface area (Å²) >= 11 is 0. The van der Waals surface area contributed by atoms with Gasteiger partial charge in [-0.1, -0.05) is 12.1 Å². The van der Waals surface area contributed by atoms with E-state index in [1.165, 1.54) is 0 Å². The molecule has 0 radical (unpaired) electrons. The normalized spacial score (nSPS) is 18.2. The van der Waals surface area contributed by atoms with E-state index in [4.69, 9.17) is 10.5 Å². The number of carbonyl (C=O) groups excluding carboxylic acids is 2. The van der Waals surface area contributed by atoms with Crippen molar-refractivity contribution in [3.8, 4) is 0 Å². The van der Waals surface area contributed by atoms with Crippen LogP contribution in [0.15, 0.2) is 24.3 Å². The fourth-order valence-electron chi connectivity index (χ4n) is 2.70. The Hall–Kier alpha value is -2.08. The van der Waals surface area contributed by atoms with Crippen molar-refractivity contribution in [1.29, 1.82) is 0 Å². The zero-order chi connectivity index (χ0) is 17.7. The van der Waals surface area contributed by atoms with Crippen molar-refractivity contribution >= 4 is 12.0 Å². The van der Waals surface area contributed by atoms with Gasteiger partial charge < -0.3 is 20.7 Å². The maximum atomic E-state index is 12.4. The molecule has 6 nitrogen and oxygen atoms in total. The first-order valence-corrected chi connectivity index (χ1v) is 8.36. The molecule has 1 heterocycles. The van der Waals surface area contributed by atoms with Crippen LogP contribution in [0.4, 0.5) is 4.79 Å². The van der Waals surface area contributed by atoms with Gasteiger partial charge in [0.1, 0.15) is 5.60 Å². The van der Waals surface area contributed by atoms with Crippen LogP contribution >= 0.6 is 0 Å². The summed E-state index contributed by atoms with van der Waals surface area (Å²) in [5.41, 5.74) is 6.61. The zero-order valence-electron chi connectivity index (χ0n) is 14.7. The van der Waals surface area contributed by atoms with Crippen LogP contribution in [-0.2, 0) is 11.3 Å². The molecule has 0 aromatic heterocycles. The smallest absolute Gasteiger partial charge is 0.410 e. The second-order valence-corrected chi connectivity index (χ2v) is 7.14. The molecule has 1 saturated heterocycles. The fourth-order valence-corrected chi connectivity index (χ4v) is 2.70. The van der Waals surface area contributed by atoms with Gasteiger partial charge in [-0.05, 0) is 51.3 Å². The van der Waals surface area contributed by atoms with E-state index in [2.05, 4.69) is 5.32 Å². The first-order chi connectivity index (χ1) is 11.3. The van der Waals surface area contributed by atoms with Gasteiger partial charge in [0, 0.05) is 31.2 Å². The molecule has 0 saturated carbocycles. The highest BCUT2D eigenvalue weighted by Crippen LogP contribution is 2.16. The van der Waals surface area contributed by atoms with Crippen molar-refractivity contribution in [2.45, 2.75) is 51.8 Å². The van der Waals surface area contributed by atoms with Crippen LogP contribution < -0.4 is 11.1 Å². The molecule has 1 aromatic carbocycles. The first kappa shape index (κ1) is 18.3. The van der Waals surface area contributed by atoms with Crippen LogP contribution in [0, 0.1) is 0 Å². The molecule has 6 heteroatoms. The van der Waals surface area contributed by atoms with Gasteiger partial charge in [-0.15, -0.1) is 0 Å². The number of likely N-dealkylation sites (tertiary alicyclic amines) is 1. The van der Waals surface area contributed by atoms with E-state index in [1.54, 1.807) is 17.0 Å². The Labute approximate surface area is 143 Å². The monoisotopic (exact) mass is 333 g/mol. The van der Waals surface area contributed by atoms with Crippen molar-refractivity contribution in [3.05, 3.63) is 35.4 Å².